The van der Waals surface area contributed by atoms with Crippen LogP contribution in [0, 0.1) is 13.8 Å². The van der Waals surface area contributed by atoms with E-state index in [1.165, 1.54) is 0 Å². The first kappa shape index (κ1) is 14.2. The number of ketones is 1. The zero-order chi connectivity index (χ0) is 13.8. The van der Waals surface area contributed by atoms with Gasteiger partial charge in [-0.2, -0.15) is 0 Å². The summed E-state index contributed by atoms with van der Waals surface area (Å²) in [6.45, 7) is 9.56. The minimum atomic E-state index is -0.304. The normalized spacial score (nSPS) is 20.5. The molecule has 3 nitrogen and oxygen atoms in total. The predicted octanol–water partition coefficient (Wildman–Crippen LogP) is 2.60. The van der Waals surface area contributed by atoms with E-state index in [1.54, 1.807) is 0 Å². The van der Waals surface area contributed by atoms with Gasteiger partial charge in [-0.3, -0.25) is 9.69 Å². The summed E-state index contributed by atoms with van der Waals surface area (Å²) in [6.07, 6.45) is 0.811. The van der Waals surface area contributed by atoms with Gasteiger partial charge in [-0.05, 0) is 38.9 Å². The van der Waals surface area contributed by atoms with Crippen molar-refractivity contribution in [2.24, 2.45) is 0 Å². The van der Waals surface area contributed by atoms with E-state index < -0.39 is 0 Å². The number of carbonyl (C=O) groups excluding carboxylic acids is 1. The van der Waals surface area contributed by atoms with Crippen molar-refractivity contribution in [2.45, 2.75) is 33.3 Å². The highest BCUT2D eigenvalue weighted by Crippen LogP contribution is 2.15. The molecule has 1 saturated heterocycles. The van der Waals surface area contributed by atoms with Crippen LogP contribution < -0.4 is 0 Å². The minimum Gasteiger partial charge on any atom is -0.367 e. The average Bonchev–Trinajstić information content (AvgIpc) is 2.37. The maximum Gasteiger partial charge on any atom is 0.192 e. The molecule has 0 saturated carbocycles. The van der Waals surface area contributed by atoms with E-state index >= 15 is 0 Å². The number of carbonyl (C=O) groups is 1. The largest absolute Gasteiger partial charge is 0.367 e. The Morgan fingerprint density at radius 3 is 2.63 bits per heavy atom. The molecule has 0 radical (unpaired) electrons. The van der Waals surface area contributed by atoms with E-state index in [1.807, 2.05) is 26.0 Å². The molecule has 1 aliphatic heterocycles. The molecule has 0 aromatic heterocycles. The molecule has 0 N–H and O–H groups in total. The Bertz CT molecular complexity index is 434. The van der Waals surface area contributed by atoms with E-state index in [0.717, 1.165) is 42.7 Å². The van der Waals surface area contributed by atoms with Gasteiger partial charge in [0.05, 0.1) is 6.61 Å². The van der Waals surface area contributed by atoms with Gasteiger partial charge in [0.25, 0.3) is 0 Å². The Hall–Kier alpha value is -1.19. The van der Waals surface area contributed by atoms with Gasteiger partial charge < -0.3 is 4.74 Å². The monoisotopic (exact) mass is 261 g/mol. The number of Topliss-reactive ketones (excluding diaryl/α,β-unsaturated/α-hetero) is 1. The van der Waals surface area contributed by atoms with Crippen LogP contribution in [0.15, 0.2) is 18.2 Å². The van der Waals surface area contributed by atoms with Gasteiger partial charge in [0, 0.05) is 18.7 Å². The number of ether oxygens (including phenoxy) is 1. The first-order chi connectivity index (χ1) is 9.10. The molecule has 0 spiro atoms. The summed E-state index contributed by atoms with van der Waals surface area (Å²) in [5.41, 5.74) is 3.04. The number of hydrogen-bond acceptors (Lipinski definition) is 3. The molecule has 3 heteroatoms. The van der Waals surface area contributed by atoms with Crippen LogP contribution in [0.4, 0.5) is 0 Å². The van der Waals surface area contributed by atoms with Crippen molar-refractivity contribution in [3.05, 3.63) is 34.9 Å². The van der Waals surface area contributed by atoms with Crippen LogP contribution in [0.25, 0.3) is 0 Å². The third-order valence-electron chi connectivity index (χ3n) is 3.49. The lowest BCUT2D eigenvalue weighted by Crippen LogP contribution is -2.46. The van der Waals surface area contributed by atoms with E-state index in [0.29, 0.717) is 6.61 Å². The second-order valence-electron chi connectivity index (χ2n) is 5.40. The van der Waals surface area contributed by atoms with Crippen molar-refractivity contribution in [3.8, 4) is 0 Å². The zero-order valence-electron chi connectivity index (χ0n) is 12.1. The van der Waals surface area contributed by atoms with Gasteiger partial charge in [0.2, 0.25) is 0 Å². The predicted molar refractivity (Wildman–Crippen MR) is 76.7 cm³/mol. The SMILES string of the molecule is CCCN1CCOC(C(=O)c2cc(C)cc(C)c2)C1. The lowest BCUT2D eigenvalue weighted by atomic mass is 10.0. The second-order valence-corrected chi connectivity index (χ2v) is 5.40. The smallest absolute Gasteiger partial charge is 0.192 e. The van der Waals surface area contributed by atoms with E-state index in [9.17, 15) is 4.79 Å². The molecule has 1 fully saturated rings. The fourth-order valence-corrected chi connectivity index (χ4v) is 2.68. The number of aryl methyl sites for hydroxylation is 2. The maximum absolute atomic E-state index is 12.5. The fraction of sp³-hybridized carbons (Fsp3) is 0.562. The number of rotatable bonds is 4. The molecule has 1 aromatic carbocycles. The summed E-state index contributed by atoms with van der Waals surface area (Å²) in [4.78, 5) is 14.8. The molecule has 2 rings (SSSR count). The van der Waals surface area contributed by atoms with E-state index in [-0.39, 0.29) is 11.9 Å². The Morgan fingerprint density at radius 1 is 1.32 bits per heavy atom. The Balaban J connectivity index is 2.10. The lowest BCUT2D eigenvalue weighted by molar-refractivity contribution is -0.0163. The van der Waals surface area contributed by atoms with Crippen LogP contribution in [-0.4, -0.2) is 43.0 Å². The van der Waals surface area contributed by atoms with Gasteiger partial charge in [0.1, 0.15) is 6.10 Å². The molecule has 0 bridgehead atoms. The highest BCUT2D eigenvalue weighted by Gasteiger charge is 2.27. The Labute approximate surface area is 115 Å². The fourth-order valence-electron chi connectivity index (χ4n) is 2.68. The lowest BCUT2D eigenvalue weighted by Gasteiger charge is -2.31. The third-order valence-corrected chi connectivity index (χ3v) is 3.49. The van der Waals surface area contributed by atoms with Gasteiger partial charge in [0.15, 0.2) is 5.78 Å². The van der Waals surface area contributed by atoms with Crippen molar-refractivity contribution in [3.63, 3.8) is 0 Å². The topological polar surface area (TPSA) is 29.5 Å². The third kappa shape index (κ3) is 3.64. The van der Waals surface area contributed by atoms with Gasteiger partial charge >= 0.3 is 0 Å². The molecule has 0 aliphatic carbocycles. The quantitative estimate of drug-likeness (QED) is 0.780. The van der Waals surface area contributed by atoms with Crippen molar-refractivity contribution >= 4 is 5.78 Å². The standard InChI is InChI=1S/C16H23NO2/c1-4-5-17-6-7-19-15(11-17)16(18)14-9-12(2)8-13(3)10-14/h8-10,15H,4-7,11H2,1-3H3. The van der Waals surface area contributed by atoms with Gasteiger partial charge in [-0.1, -0.05) is 24.1 Å². The van der Waals surface area contributed by atoms with Crippen LogP contribution in [0.1, 0.15) is 34.8 Å². The molecular weight excluding hydrogens is 238 g/mol. The summed E-state index contributed by atoms with van der Waals surface area (Å²) in [6, 6.07) is 6.00. The first-order valence-electron chi connectivity index (χ1n) is 7.06. The number of benzene rings is 1. The number of nitrogens with zero attached hydrogens (tertiary/aromatic N) is 1. The summed E-state index contributed by atoms with van der Waals surface area (Å²) in [5, 5.41) is 0. The summed E-state index contributed by atoms with van der Waals surface area (Å²) >= 11 is 0. The summed E-state index contributed by atoms with van der Waals surface area (Å²) in [7, 11) is 0. The Kier molecular flexibility index (Phi) is 4.72. The highest BCUT2D eigenvalue weighted by atomic mass is 16.5. The van der Waals surface area contributed by atoms with Gasteiger partial charge in [-0.25, -0.2) is 0 Å². The number of morpholine rings is 1. The summed E-state index contributed by atoms with van der Waals surface area (Å²) < 4.78 is 5.66. The maximum atomic E-state index is 12.5. The molecule has 1 unspecified atom stereocenters. The number of hydrogen-bond donors (Lipinski definition) is 0. The molecule has 104 valence electrons. The molecule has 1 aromatic rings. The Morgan fingerprint density at radius 2 is 2.00 bits per heavy atom. The van der Waals surface area contributed by atoms with Crippen molar-refractivity contribution < 1.29 is 9.53 Å². The molecule has 1 atom stereocenters. The van der Waals surface area contributed by atoms with Crippen LogP contribution in [0.5, 0.6) is 0 Å². The minimum absolute atomic E-state index is 0.118. The molecule has 19 heavy (non-hydrogen) atoms. The van der Waals surface area contributed by atoms with Gasteiger partial charge in [-0.15, -0.1) is 0 Å². The van der Waals surface area contributed by atoms with Crippen molar-refractivity contribution in [1.82, 2.24) is 4.90 Å². The molecule has 1 heterocycles. The van der Waals surface area contributed by atoms with Crippen LogP contribution in [0.3, 0.4) is 0 Å². The molecule has 1 aliphatic rings. The second kappa shape index (κ2) is 6.31. The zero-order valence-corrected chi connectivity index (χ0v) is 12.1. The highest BCUT2D eigenvalue weighted by molar-refractivity contribution is 6.00. The van der Waals surface area contributed by atoms with Crippen molar-refractivity contribution in [1.29, 1.82) is 0 Å². The first-order valence-corrected chi connectivity index (χ1v) is 7.06. The van der Waals surface area contributed by atoms with E-state index in [4.69, 9.17) is 4.74 Å². The molecule has 0 amide bonds. The van der Waals surface area contributed by atoms with Crippen molar-refractivity contribution in [2.75, 3.05) is 26.2 Å². The van der Waals surface area contributed by atoms with Crippen LogP contribution >= 0.6 is 0 Å². The molecular formula is C16H23NO2. The summed E-state index contributed by atoms with van der Waals surface area (Å²) in [5.74, 6) is 0.118. The average molecular weight is 261 g/mol. The van der Waals surface area contributed by atoms with Crippen LogP contribution in [-0.2, 0) is 4.74 Å². The van der Waals surface area contributed by atoms with Crippen LogP contribution in [0.2, 0.25) is 0 Å². The van der Waals surface area contributed by atoms with E-state index in [2.05, 4.69) is 17.9 Å².